The minimum atomic E-state index is -0.292. The number of benzene rings is 2. The maximum absolute atomic E-state index is 12.3. The number of nitrogens with zero attached hydrogens (tertiary/aromatic N) is 2. The lowest BCUT2D eigenvalue weighted by Crippen LogP contribution is -2.15. The molecule has 126 valence electrons. The van der Waals surface area contributed by atoms with E-state index < -0.39 is 0 Å². The predicted octanol–water partition coefficient (Wildman–Crippen LogP) is 4.69. The molecule has 4 rings (SSSR count). The van der Waals surface area contributed by atoms with Gasteiger partial charge in [0.2, 0.25) is 0 Å². The fourth-order valence-electron chi connectivity index (χ4n) is 2.80. The van der Waals surface area contributed by atoms with Crippen LogP contribution in [0.25, 0.3) is 27.1 Å². The Morgan fingerprint density at radius 3 is 2.88 bits per heavy atom. The summed E-state index contributed by atoms with van der Waals surface area (Å²) in [6.07, 6.45) is 8.82. The summed E-state index contributed by atoms with van der Waals surface area (Å²) >= 11 is 3.07. The third-order valence-corrected chi connectivity index (χ3v) is 5.93. The van der Waals surface area contributed by atoms with E-state index in [-0.39, 0.29) is 5.91 Å². The van der Waals surface area contributed by atoms with Crippen molar-refractivity contribution in [3.05, 3.63) is 69.7 Å². The van der Waals surface area contributed by atoms with E-state index in [4.69, 9.17) is 6.42 Å². The first-order valence-corrected chi connectivity index (χ1v) is 9.71. The van der Waals surface area contributed by atoms with Crippen molar-refractivity contribution in [2.45, 2.75) is 6.54 Å². The monoisotopic (exact) mass is 374 g/mol. The number of thiazole rings is 1. The molecule has 26 heavy (non-hydrogen) atoms. The number of hydrogen-bond acceptors (Lipinski definition) is 3. The summed E-state index contributed by atoms with van der Waals surface area (Å²) in [4.78, 5) is 18.2. The molecule has 0 aliphatic heterocycles. The zero-order chi connectivity index (χ0) is 17.9. The van der Waals surface area contributed by atoms with Crippen LogP contribution in [0, 0.1) is 12.3 Å². The van der Waals surface area contributed by atoms with Crippen LogP contribution in [-0.4, -0.2) is 10.5 Å². The first-order valence-electron chi connectivity index (χ1n) is 8.01. The summed E-state index contributed by atoms with van der Waals surface area (Å²) in [5.41, 5.74) is 1.00. The molecule has 0 spiro atoms. The third-order valence-electron chi connectivity index (χ3n) is 3.96. The second-order valence-corrected chi connectivity index (χ2v) is 7.57. The molecule has 0 saturated carbocycles. The highest BCUT2D eigenvalue weighted by atomic mass is 32.1. The van der Waals surface area contributed by atoms with Gasteiger partial charge in [0, 0.05) is 16.3 Å². The zero-order valence-corrected chi connectivity index (χ0v) is 15.4. The Labute approximate surface area is 158 Å². The molecule has 0 atom stereocenters. The highest BCUT2D eigenvalue weighted by Gasteiger charge is 2.09. The van der Waals surface area contributed by atoms with Crippen LogP contribution in [0.15, 0.2) is 65.0 Å². The van der Waals surface area contributed by atoms with Crippen molar-refractivity contribution in [1.82, 2.24) is 4.57 Å². The molecule has 0 saturated heterocycles. The molecular formula is C21H14N2OS2. The van der Waals surface area contributed by atoms with E-state index in [0.717, 1.165) is 25.9 Å². The van der Waals surface area contributed by atoms with Gasteiger partial charge >= 0.3 is 0 Å². The van der Waals surface area contributed by atoms with Crippen LogP contribution in [0.5, 0.6) is 0 Å². The minimum absolute atomic E-state index is 0.292. The molecule has 1 amide bonds. The van der Waals surface area contributed by atoms with Gasteiger partial charge in [-0.1, -0.05) is 53.7 Å². The number of aromatic nitrogens is 1. The lowest BCUT2D eigenvalue weighted by atomic mass is 10.1. The van der Waals surface area contributed by atoms with E-state index in [1.54, 1.807) is 17.4 Å². The highest BCUT2D eigenvalue weighted by molar-refractivity contribution is 7.17. The van der Waals surface area contributed by atoms with Crippen molar-refractivity contribution in [2.75, 3.05) is 0 Å². The molecule has 3 nitrogen and oxygen atoms in total. The van der Waals surface area contributed by atoms with Crippen molar-refractivity contribution in [3.63, 3.8) is 0 Å². The first-order chi connectivity index (χ1) is 12.8. The van der Waals surface area contributed by atoms with E-state index >= 15 is 0 Å². The van der Waals surface area contributed by atoms with Crippen LogP contribution in [0.1, 0.15) is 4.88 Å². The standard InChI is InChI=1S/C21H14N2OS2/c1-2-13-23-18-11-9-15-6-3-4-8-17(15)20(18)26-21(23)22-19(24)12-10-16-7-5-14-25-16/h1,3-12,14H,13H2/b12-10+,22-21?. The molecule has 0 fully saturated rings. The van der Waals surface area contributed by atoms with Gasteiger partial charge in [-0.15, -0.1) is 17.8 Å². The van der Waals surface area contributed by atoms with Crippen molar-refractivity contribution in [2.24, 2.45) is 4.99 Å². The number of carbonyl (C=O) groups is 1. The fourth-order valence-corrected chi connectivity index (χ4v) is 4.59. The number of hydrogen-bond donors (Lipinski definition) is 0. The van der Waals surface area contributed by atoms with Crippen LogP contribution >= 0.6 is 22.7 Å². The van der Waals surface area contributed by atoms with Crippen molar-refractivity contribution in [3.8, 4) is 12.3 Å². The first kappa shape index (κ1) is 16.5. The summed E-state index contributed by atoms with van der Waals surface area (Å²) in [6.45, 7) is 0.374. The van der Waals surface area contributed by atoms with Crippen LogP contribution < -0.4 is 4.80 Å². The Morgan fingerprint density at radius 1 is 1.19 bits per heavy atom. The average molecular weight is 374 g/mol. The molecule has 5 heteroatoms. The van der Waals surface area contributed by atoms with Crippen molar-refractivity contribution < 1.29 is 4.79 Å². The molecule has 2 heterocycles. The number of terminal acetylenes is 1. The molecule has 0 N–H and O–H groups in total. The van der Waals surface area contributed by atoms with Crippen LogP contribution in [-0.2, 0) is 11.3 Å². The Balaban J connectivity index is 1.85. The summed E-state index contributed by atoms with van der Waals surface area (Å²) in [5, 5.41) is 4.27. The molecular weight excluding hydrogens is 360 g/mol. The summed E-state index contributed by atoms with van der Waals surface area (Å²) in [7, 11) is 0. The van der Waals surface area contributed by atoms with Gasteiger partial charge in [0.1, 0.15) is 0 Å². The fraction of sp³-hybridized carbons (Fsp3) is 0.0476. The largest absolute Gasteiger partial charge is 0.305 e. The van der Waals surface area contributed by atoms with Crippen LogP contribution in [0.4, 0.5) is 0 Å². The predicted molar refractivity (Wildman–Crippen MR) is 110 cm³/mol. The maximum atomic E-state index is 12.3. The molecule has 0 aliphatic carbocycles. The molecule has 0 unspecified atom stereocenters. The maximum Gasteiger partial charge on any atom is 0.272 e. The lowest BCUT2D eigenvalue weighted by molar-refractivity contribution is -0.113. The van der Waals surface area contributed by atoms with E-state index in [1.807, 2.05) is 40.3 Å². The molecule has 4 aromatic rings. The minimum Gasteiger partial charge on any atom is -0.305 e. The highest BCUT2D eigenvalue weighted by Crippen LogP contribution is 2.27. The van der Waals surface area contributed by atoms with Gasteiger partial charge in [-0.3, -0.25) is 4.79 Å². The molecule has 0 radical (unpaired) electrons. The van der Waals surface area contributed by atoms with E-state index in [0.29, 0.717) is 11.3 Å². The van der Waals surface area contributed by atoms with Crippen LogP contribution in [0.3, 0.4) is 0 Å². The van der Waals surface area contributed by atoms with Gasteiger partial charge in [0.15, 0.2) is 4.80 Å². The van der Waals surface area contributed by atoms with Crippen molar-refractivity contribution in [1.29, 1.82) is 0 Å². The average Bonchev–Trinajstić information content (AvgIpc) is 3.29. The molecule has 2 aromatic carbocycles. The number of thiophene rings is 1. The number of carbonyl (C=O) groups excluding carboxylic acids is 1. The third kappa shape index (κ3) is 3.13. The Kier molecular flexibility index (Phi) is 4.53. The van der Waals surface area contributed by atoms with Gasteiger partial charge in [0.25, 0.3) is 5.91 Å². The molecule has 0 bridgehead atoms. The Bertz CT molecular complexity index is 1230. The van der Waals surface area contributed by atoms with Crippen LogP contribution in [0.2, 0.25) is 0 Å². The summed E-state index contributed by atoms with van der Waals surface area (Å²) in [6, 6.07) is 16.2. The topological polar surface area (TPSA) is 34.4 Å². The van der Waals surface area contributed by atoms with Gasteiger partial charge in [-0.2, -0.15) is 4.99 Å². The zero-order valence-electron chi connectivity index (χ0n) is 13.8. The lowest BCUT2D eigenvalue weighted by Gasteiger charge is -2.01. The summed E-state index contributed by atoms with van der Waals surface area (Å²) in [5.74, 6) is 2.37. The van der Waals surface area contributed by atoms with Gasteiger partial charge in [-0.05, 0) is 29.0 Å². The van der Waals surface area contributed by atoms with Crippen molar-refractivity contribution >= 4 is 55.6 Å². The SMILES string of the molecule is C#CCn1c(=NC(=O)/C=C/c2cccs2)sc2c3ccccc3ccc21. The van der Waals surface area contributed by atoms with Gasteiger partial charge in [-0.25, -0.2) is 0 Å². The van der Waals surface area contributed by atoms with Gasteiger partial charge < -0.3 is 4.57 Å². The second-order valence-electron chi connectivity index (χ2n) is 5.61. The molecule has 0 aliphatic rings. The van der Waals surface area contributed by atoms with E-state index in [2.05, 4.69) is 29.1 Å². The van der Waals surface area contributed by atoms with Gasteiger partial charge in [0.05, 0.1) is 16.8 Å². The Hall–Kier alpha value is -2.94. The van der Waals surface area contributed by atoms with E-state index in [9.17, 15) is 4.79 Å². The quantitative estimate of drug-likeness (QED) is 0.378. The smallest absolute Gasteiger partial charge is 0.272 e. The Morgan fingerprint density at radius 2 is 2.08 bits per heavy atom. The second kappa shape index (κ2) is 7.12. The number of fused-ring (bicyclic) bond motifs is 3. The normalized spacial score (nSPS) is 12.2. The summed E-state index contributed by atoms with van der Waals surface area (Å²) < 4.78 is 3.01. The molecule has 2 aromatic heterocycles. The number of rotatable bonds is 3. The number of amides is 1. The van der Waals surface area contributed by atoms with E-state index in [1.165, 1.54) is 17.4 Å².